The fourth-order valence-electron chi connectivity index (χ4n) is 3.91. The molecule has 1 aliphatic rings. The van der Waals surface area contributed by atoms with Crippen LogP contribution in [0.1, 0.15) is 24.4 Å². The van der Waals surface area contributed by atoms with Gasteiger partial charge in [-0.15, -0.1) is 0 Å². The highest BCUT2D eigenvalue weighted by molar-refractivity contribution is 7.89. The number of nitrogens with zero attached hydrogens (tertiary/aromatic N) is 2. The molecular formula is C23H30ClN3O4S. The Bertz CT molecular complexity index is 1020. The van der Waals surface area contributed by atoms with Gasteiger partial charge < -0.3 is 15.0 Å². The molecule has 2 aromatic carbocycles. The van der Waals surface area contributed by atoms with Crippen molar-refractivity contribution in [1.29, 1.82) is 0 Å². The largest absolute Gasteiger partial charge is 0.497 e. The molecule has 0 saturated carbocycles. The van der Waals surface area contributed by atoms with Crippen molar-refractivity contribution in [2.24, 2.45) is 5.92 Å². The Morgan fingerprint density at radius 2 is 1.78 bits per heavy atom. The van der Waals surface area contributed by atoms with Gasteiger partial charge in [0.15, 0.2) is 0 Å². The molecule has 0 radical (unpaired) electrons. The smallest absolute Gasteiger partial charge is 0.243 e. The number of ether oxygens (including phenoxy) is 1. The third-order valence-electron chi connectivity index (χ3n) is 5.88. The van der Waals surface area contributed by atoms with Gasteiger partial charge in [-0.1, -0.05) is 29.8 Å². The Morgan fingerprint density at radius 3 is 2.34 bits per heavy atom. The van der Waals surface area contributed by atoms with Gasteiger partial charge in [-0.05, 0) is 62.8 Å². The number of likely N-dealkylation sites (N-methyl/N-ethyl adjacent to an activating group) is 1. The second-order valence-electron chi connectivity index (χ2n) is 8.10. The third kappa shape index (κ3) is 5.61. The van der Waals surface area contributed by atoms with Crippen molar-refractivity contribution in [3.8, 4) is 5.75 Å². The molecule has 0 aromatic heterocycles. The van der Waals surface area contributed by atoms with Crippen molar-refractivity contribution in [1.82, 2.24) is 14.5 Å². The Kier molecular flexibility index (Phi) is 8.16. The molecule has 1 fully saturated rings. The van der Waals surface area contributed by atoms with E-state index in [4.69, 9.17) is 16.3 Å². The highest BCUT2D eigenvalue weighted by atomic mass is 35.5. The van der Waals surface area contributed by atoms with Crippen LogP contribution in [0.25, 0.3) is 0 Å². The van der Waals surface area contributed by atoms with E-state index < -0.39 is 10.0 Å². The lowest BCUT2D eigenvalue weighted by molar-refractivity contribution is -0.126. The standard InChI is InChI=1S/C23H30ClN3O4S/c1-26(2)22(20-6-4-5-7-21(20)24)16-25-23(28)17-12-14-27(15-13-17)32(29,30)19-10-8-18(31-3)9-11-19/h4-11,17,22H,12-16H2,1-3H3,(H,25,28). The predicted molar refractivity (Wildman–Crippen MR) is 125 cm³/mol. The Labute approximate surface area is 195 Å². The van der Waals surface area contributed by atoms with E-state index in [1.165, 1.54) is 11.4 Å². The molecule has 1 N–H and O–H groups in total. The van der Waals surface area contributed by atoms with Crippen molar-refractivity contribution in [3.63, 3.8) is 0 Å². The van der Waals surface area contributed by atoms with E-state index >= 15 is 0 Å². The van der Waals surface area contributed by atoms with Gasteiger partial charge >= 0.3 is 0 Å². The number of hydrogen-bond donors (Lipinski definition) is 1. The van der Waals surface area contributed by atoms with Gasteiger partial charge in [0.2, 0.25) is 15.9 Å². The number of carbonyl (C=O) groups excluding carboxylic acids is 1. The topological polar surface area (TPSA) is 79.0 Å². The molecule has 32 heavy (non-hydrogen) atoms. The van der Waals surface area contributed by atoms with E-state index in [9.17, 15) is 13.2 Å². The molecule has 7 nitrogen and oxygen atoms in total. The number of carbonyl (C=O) groups is 1. The molecule has 1 unspecified atom stereocenters. The second-order valence-corrected chi connectivity index (χ2v) is 10.4. The van der Waals surface area contributed by atoms with Crippen LogP contribution in [-0.2, 0) is 14.8 Å². The summed E-state index contributed by atoms with van der Waals surface area (Å²) in [6, 6.07) is 13.9. The Balaban J connectivity index is 1.57. The van der Waals surface area contributed by atoms with Crippen LogP contribution in [0.2, 0.25) is 5.02 Å². The lowest BCUT2D eigenvalue weighted by Crippen LogP contribution is -2.44. The van der Waals surface area contributed by atoms with Crippen LogP contribution in [0.4, 0.5) is 0 Å². The summed E-state index contributed by atoms with van der Waals surface area (Å²) in [5, 5.41) is 3.70. The van der Waals surface area contributed by atoms with Crippen molar-refractivity contribution in [2.75, 3.05) is 40.8 Å². The molecule has 0 spiro atoms. The highest BCUT2D eigenvalue weighted by Gasteiger charge is 2.32. The van der Waals surface area contributed by atoms with E-state index in [2.05, 4.69) is 5.32 Å². The van der Waals surface area contributed by atoms with Crippen LogP contribution in [0, 0.1) is 5.92 Å². The van der Waals surface area contributed by atoms with Crippen molar-refractivity contribution < 1.29 is 17.9 Å². The number of piperidine rings is 1. The van der Waals surface area contributed by atoms with Crippen molar-refractivity contribution in [2.45, 2.75) is 23.8 Å². The summed E-state index contributed by atoms with van der Waals surface area (Å²) in [6.07, 6.45) is 0.972. The number of nitrogens with one attached hydrogen (secondary N) is 1. The van der Waals surface area contributed by atoms with Gasteiger partial charge in [0.05, 0.1) is 18.0 Å². The molecule has 1 saturated heterocycles. The van der Waals surface area contributed by atoms with Crippen LogP contribution >= 0.6 is 11.6 Å². The van der Waals surface area contributed by atoms with Crippen LogP contribution in [-0.4, -0.2) is 64.4 Å². The van der Waals surface area contributed by atoms with Crippen LogP contribution in [0.5, 0.6) is 5.75 Å². The number of amides is 1. The molecule has 1 heterocycles. The van der Waals surface area contributed by atoms with Gasteiger partial charge in [0, 0.05) is 30.6 Å². The summed E-state index contributed by atoms with van der Waals surface area (Å²) < 4.78 is 32.4. The van der Waals surface area contributed by atoms with Gasteiger partial charge in [0.1, 0.15) is 5.75 Å². The molecule has 174 valence electrons. The number of sulfonamides is 1. The molecule has 1 amide bonds. The third-order valence-corrected chi connectivity index (χ3v) is 8.14. The molecule has 1 atom stereocenters. The van der Waals surface area contributed by atoms with Crippen LogP contribution in [0.15, 0.2) is 53.4 Å². The summed E-state index contributed by atoms with van der Waals surface area (Å²) >= 11 is 6.34. The molecule has 9 heteroatoms. The maximum atomic E-state index is 12.9. The molecule has 0 bridgehead atoms. The normalized spacial score (nSPS) is 16.7. The van der Waals surface area contributed by atoms with E-state index in [-0.39, 0.29) is 22.8 Å². The fourth-order valence-corrected chi connectivity index (χ4v) is 5.64. The number of methoxy groups -OCH3 is 1. The molecular weight excluding hydrogens is 450 g/mol. The average Bonchev–Trinajstić information content (AvgIpc) is 2.80. The fraction of sp³-hybridized carbons (Fsp3) is 0.435. The lowest BCUT2D eigenvalue weighted by atomic mass is 9.97. The molecule has 3 rings (SSSR count). The first-order chi connectivity index (χ1) is 15.2. The summed E-state index contributed by atoms with van der Waals surface area (Å²) in [5.74, 6) is 0.337. The van der Waals surface area contributed by atoms with E-state index in [0.29, 0.717) is 43.2 Å². The molecule has 2 aromatic rings. The highest BCUT2D eigenvalue weighted by Crippen LogP contribution is 2.27. The first kappa shape index (κ1) is 24.5. The van der Waals surface area contributed by atoms with E-state index in [0.717, 1.165) is 5.56 Å². The molecule has 0 aliphatic carbocycles. The molecule has 1 aliphatic heterocycles. The number of benzene rings is 2. The van der Waals surface area contributed by atoms with E-state index in [1.54, 1.807) is 24.3 Å². The quantitative estimate of drug-likeness (QED) is 0.629. The zero-order valence-electron chi connectivity index (χ0n) is 18.6. The zero-order valence-corrected chi connectivity index (χ0v) is 20.2. The van der Waals surface area contributed by atoms with Gasteiger partial charge in [0.25, 0.3) is 0 Å². The van der Waals surface area contributed by atoms with E-state index in [1.807, 2.05) is 43.3 Å². The number of halogens is 1. The number of rotatable bonds is 8. The van der Waals surface area contributed by atoms with Crippen LogP contribution in [0.3, 0.4) is 0 Å². The Morgan fingerprint density at radius 1 is 1.16 bits per heavy atom. The summed E-state index contributed by atoms with van der Waals surface area (Å²) in [7, 11) is 1.84. The monoisotopic (exact) mass is 479 g/mol. The summed E-state index contributed by atoms with van der Waals surface area (Å²) in [6.45, 7) is 1.06. The summed E-state index contributed by atoms with van der Waals surface area (Å²) in [4.78, 5) is 15.0. The maximum Gasteiger partial charge on any atom is 0.243 e. The predicted octanol–water partition coefficient (Wildman–Crippen LogP) is 3.17. The zero-order chi connectivity index (χ0) is 23.3. The summed E-state index contributed by atoms with van der Waals surface area (Å²) in [5.41, 5.74) is 0.958. The van der Waals surface area contributed by atoms with Gasteiger partial charge in [-0.2, -0.15) is 4.31 Å². The SMILES string of the molecule is COc1ccc(S(=O)(=O)N2CCC(C(=O)NCC(c3ccccc3Cl)N(C)C)CC2)cc1. The first-order valence-electron chi connectivity index (χ1n) is 10.6. The van der Waals surface area contributed by atoms with Gasteiger partial charge in [-0.25, -0.2) is 8.42 Å². The van der Waals surface area contributed by atoms with Crippen LogP contribution < -0.4 is 10.1 Å². The maximum absolute atomic E-state index is 12.9. The lowest BCUT2D eigenvalue weighted by Gasteiger charge is -2.31. The van der Waals surface area contributed by atoms with Gasteiger partial charge in [-0.3, -0.25) is 4.79 Å². The average molecular weight is 480 g/mol. The second kappa shape index (κ2) is 10.7. The van der Waals surface area contributed by atoms with Crippen molar-refractivity contribution in [3.05, 3.63) is 59.1 Å². The minimum atomic E-state index is -3.59. The minimum Gasteiger partial charge on any atom is -0.497 e. The Hall–Kier alpha value is -2.13. The minimum absolute atomic E-state index is 0.0506. The van der Waals surface area contributed by atoms with Crippen molar-refractivity contribution >= 4 is 27.5 Å². The number of hydrogen-bond acceptors (Lipinski definition) is 5. The first-order valence-corrected chi connectivity index (χ1v) is 12.4.